The molecule has 1 aromatic heterocycles. The molecule has 0 saturated heterocycles. The first kappa shape index (κ1) is 25.3. The van der Waals surface area contributed by atoms with Crippen LogP contribution in [0.2, 0.25) is 0 Å². The number of hydrogen-bond acceptors (Lipinski definition) is 4. The van der Waals surface area contributed by atoms with E-state index in [9.17, 15) is 0 Å². The van der Waals surface area contributed by atoms with Gasteiger partial charge < -0.3 is 9.05 Å². The molecule has 3 nitrogen and oxygen atoms in total. The van der Waals surface area contributed by atoms with Gasteiger partial charge in [0.15, 0.2) is 0 Å². The summed E-state index contributed by atoms with van der Waals surface area (Å²) >= 11 is 1.61. The van der Waals surface area contributed by atoms with Gasteiger partial charge in [0.05, 0.1) is 4.88 Å². The molecule has 0 spiro atoms. The van der Waals surface area contributed by atoms with Crippen molar-refractivity contribution >= 4 is 45.8 Å². The Morgan fingerprint density at radius 1 is 0.488 bits per heavy atom. The second-order valence-electron chi connectivity index (χ2n) is 9.68. The molecule has 6 aromatic carbocycles. The average Bonchev–Trinajstić information content (AvgIpc) is 3.48. The SMILES string of the molecule is O=P(Oc1ccccc1)(Oc1ccccc1)c1cc(-c2cccc3ccccc23)sc1-c1cccc2ccccc12. The largest absolute Gasteiger partial charge is 0.464 e. The number of fused-ring (bicyclic) bond motifs is 2. The molecule has 0 aliphatic rings. The number of para-hydroxylation sites is 2. The van der Waals surface area contributed by atoms with Crippen LogP contribution >= 0.6 is 18.9 Å². The van der Waals surface area contributed by atoms with Crippen LogP contribution in [-0.2, 0) is 4.57 Å². The highest BCUT2D eigenvalue weighted by Gasteiger charge is 2.37. The summed E-state index contributed by atoms with van der Waals surface area (Å²) in [5, 5.41) is 5.01. The van der Waals surface area contributed by atoms with Crippen LogP contribution in [0.5, 0.6) is 11.5 Å². The van der Waals surface area contributed by atoms with E-state index in [0.29, 0.717) is 16.8 Å². The van der Waals surface area contributed by atoms with Crippen LogP contribution in [0.25, 0.3) is 42.4 Å². The summed E-state index contributed by atoms with van der Waals surface area (Å²) < 4.78 is 27.8. The van der Waals surface area contributed by atoms with E-state index in [2.05, 4.69) is 54.6 Å². The van der Waals surface area contributed by atoms with Crippen molar-refractivity contribution in [3.63, 3.8) is 0 Å². The van der Waals surface area contributed by atoms with Crippen molar-refractivity contribution in [3.05, 3.63) is 152 Å². The molecule has 41 heavy (non-hydrogen) atoms. The Kier molecular flexibility index (Phi) is 6.64. The Labute approximate surface area is 242 Å². The van der Waals surface area contributed by atoms with Crippen molar-refractivity contribution in [1.82, 2.24) is 0 Å². The summed E-state index contributed by atoms with van der Waals surface area (Å²) in [6.45, 7) is 0. The molecular formula is C36H25O3PS. The molecule has 0 saturated carbocycles. The summed E-state index contributed by atoms with van der Waals surface area (Å²) in [7, 11) is -3.95. The van der Waals surface area contributed by atoms with E-state index in [4.69, 9.17) is 9.05 Å². The number of rotatable bonds is 7. The summed E-state index contributed by atoms with van der Waals surface area (Å²) in [6, 6.07) is 49.6. The van der Waals surface area contributed by atoms with Crippen LogP contribution in [0.3, 0.4) is 0 Å². The molecule has 0 amide bonds. The predicted octanol–water partition coefficient (Wildman–Crippen LogP) is 10.4. The average molecular weight is 569 g/mol. The van der Waals surface area contributed by atoms with Crippen molar-refractivity contribution in [2.45, 2.75) is 0 Å². The van der Waals surface area contributed by atoms with Crippen LogP contribution in [0.15, 0.2) is 152 Å². The highest BCUT2D eigenvalue weighted by molar-refractivity contribution is 7.64. The molecule has 5 heteroatoms. The molecule has 0 aliphatic carbocycles. The topological polar surface area (TPSA) is 35.5 Å². The number of hydrogen-bond donors (Lipinski definition) is 0. The fourth-order valence-corrected chi connectivity index (χ4v) is 8.52. The Balaban J connectivity index is 1.50. The van der Waals surface area contributed by atoms with E-state index in [1.807, 2.05) is 72.8 Å². The van der Waals surface area contributed by atoms with Gasteiger partial charge in [-0.15, -0.1) is 11.3 Å². The number of benzene rings is 6. The van der Waals surface area contributed by atoms with Crippen LogP contribution in [0.4, 0.5) is 0 Å². The molecule has 0 atom stereocenters. The molecule has 0 fully saturated rings. The van der Waals surface area contributed by atoms with E-state index in [1.54, 1.807) is 35.6 Å². The highest BCUT2D eigenvalue weighted by Crippen LogP contribution is 2.53. The third kappa shape index (κ3) is 4.93. The van der Waals surface area contributed by atoms with Crippen molar-refractivity contribution in [3.8, 4) is 32.4 Å². The minimum atomic E-state index is -3.95. The maximum atomic E-state index is 15.2. The van der Waals surface area contributed by atoms with Gasteiger partial charge in [-0.1, -0.05) is 121 Å². The molecule has 0 radical (unpaired) electrons. The maximum Gasteiger partial charge on any atom is 0.464 e. The molecule has 7 aromatic rings. The minimum Gasteiger partial charge on any atom is -0.413 e. The highest BCUT2D eigenvalue weighted by atomic mass is 32.1. The first-order chi connectivity index (χ1) is 20.2. The fourth-order valence-electron chi connectivity index (χ4n) is 5.13. The Morgan fingerprint density at radius 2 is 0.951 bits per heavy atom. The van der Waals surface area contributed by atoms with Gasteiger partial charge in [0.25, 0.3) is 0 Å². The molecule has 0 N–H and O–H groups in total. The normalized spacial score (nSPS) is 11.5. The first-order valence-electron chi connectivity index (χ1n) is 13.4. The smallest absolute Gasteiger partial charge is 0.413 e. The summed E-state index contributed by atoms with van der Waals surface area (Å²) in [5.74, 6) is 0.960. The van der Waals surface area contributed by atoms with Gasteiger partial charge in [-0.05, 0) is 57.4 Å². The lowest BCUT2D eigenvalue weighted by molar-refractivity contribution is 0.399. The lowest BCUT2D eigenvalue weighted by Crippen LogP contribution is -2.15. The van der Waals surface area contributed by atoms with E-state index < -0.39 is 7.60 Å². The standard InChI is InChI=1S/C36H25O3PS/c37-40(38-28-17-3-1-4-18-28,39-29-19-5-2-6-20-29)34-25-35(32-23-11-15-26-13-7-9-21-30(26)32)41-36(34)33-24-12-16-27-14-8-10-22-31(27)33/h1-25H. The minimum absolute atomic E-state index is 0.480. The molecular weight excluding hydrogens is 543 g/mol. The van der Waals surface area contributed by atoms with Crippen LogP contribution in [0.1, 0.15) is 0 Å². The number of thiophene rings is 1. The third-order valence-electron chi connectivity index (χ3n) is 7.03. The zero-order chi connectivity index (χ0) is 27.6. The van der Waals surface area contributed by atoms with E-state index in [1.165, 1.54) is 0 Å². The molecule has 0 unspecified atom stereocenters. The Bertz CT molecular complexity index is 1980. The summed E-state index contributed by atoms with van der Waals surface area (Å²) in [4.78, 5) is 1.85. The van der Waals surface area contributed by atoms with Crippen LogP contribution < -0.4 is 14.4 Å². The van der Waals surface area contributed by atoms with Gasteiger partial charge in [-0.3, -0.25) is 0 Å². The van der Waals surface area contributed by atoms with Gasteiger partial charge in [-0.25, -0.2) is 4.57 Å². The van der Waals surface area contributed by atoms with E-state index in [-0.39, 0.29) is 0 Å². The molecule has 0 aliphatic heterocycles. The molecule has 198 valence electrons. The van der Waals surface area contributed by atoms with Gasteiger partial charge in [0, 0.05) is 10.4 Å². The summed E-state index contributed by atoms with van der Waals surface area (Å²) in [5.41, 5.74) is 2.06. The first-order valence-corrected chi connectivity index (χ1v) is 15.7. The van der Waals surface area contributed by atoms with Gasteiger partial charge >= 0.3 is 7.60 Å². The van der Waals surface area contributed by atoms with Gasteiger partial charge in [0.1, 0.15) is 16.8 Å². The van der Waals surface area contributed by atoms with E-state index in [0.717, 1.165) is 42.4 Å². The van der Waals surface area contributed by atoms with Crippen molar-refractivity contribution in [2.75, 3.05) is 0 Å². The van der Waals surface area contributed by atoms with Crippen LogP contribution in [-0.4, -0.2) is 0 Å². The molecule has 7 rings (SSSR count). The Morgan fingerprint density at radius 3 is 1.54 bits per heavy atom. The maximum absolute atomic E-state index is 15.2. The Hall–Kier alpha value is -4.63. The zero-order valence-corrected chi connectivity index (χ0v) is 23.7. The van der Waals surface area contributed by atoms with Crippen molar-refractivity contribution in [1.29, 1.82) is 0 Å². The third-order valence-corrected chi connectivity index (χ3v) is 10.2. The zero-order valence-electron chi connectivity index (χ0n) is 22.0. The molecule has 1 heterocycles. The molecule has 0 bridgehead atoms. The lowest BCUT2D eigenvalue weighted by Gasteiger charge is -2.21. The quantitative estimate of drug-likeness (QED) is 0.180. The van der Waals surface area contributed by atoms with E-state index >= 15 is 4.57 Å². The monoisotopic (exact) mass is 568 g/mol. The lowest BCUT2D eigenvalue weighted by atomic mass is 10.0. The van der Waals surface area contributed by atoms with Gasteiger partial charge in [-0.2, -0.15) is 0 Å². The fraction of sp³-hybridized carbons (Fsp3) is 0. The second kappa shape index (κ2) is 10.7. The van der Waals surface area contributed by atoms with Crippen molar-refractivity contribution in [2.24, 2.45) is 0 Å². The van der Waals surface area contributed by atoms with Crippen molar-refractivity contribution < 1.29 is 13.6 Å². The second-order valence-corrected chi connectivity index (χ2v) is 12.6. The van der Waals surface area contributed by atoms with Crippen LogP contribution in [0, 0.1) is 0 Å². The summed E-state index contributed by atoms with van der Waals surface area (Å²) in [6.07, 6.45) is 0. The predicted molar refractivity (Wildman–Crippen MR) is 172 cm³/mol. The van der Waals surface area contributed by atoms with Gasteiger partial charge in [0.2, 0.25) is 0 Å².